The van der Waals surface area contributed by atoms with Crippen LogP contribution in [0.3, 0.4) is 0 Å². The highest BCUT2D eigenvalue weighted by molar-refractivity contribution is 9.10. The van der Waals surface area contributed by atoms with Crippen LogP contribution in [0.25, 0.3) is 0 Å². The zero-order valence-electron chi connectivity index (χ0n) is 8.00. The number of benzene rings is 1. The molecule has 0 radical (unpaired) electrons. The van der Waals surface area contributed by atoms with Gasteiger partial charge in [0.05, 0.1) is 13.2 Å². The minimum Gasteiger partial charge on any atom is -0.379 e. The molecular formula is C11H14BrNO. The Hall–Kier alpha value is -0.380. The van der Waals surface area contributed by atoms with E-state index < -0.39 is 0 Å². The summed E-state index contributed by atoms with van der Waals surface area (Å²) in [7, 11) is 0. The highest BCUT2D eigenvalue weighted by Gasteiger charge is 2.13. The standard InChI is InChI=1S/C11H14BrNO/c12-11-3-1-9(2-4-11)10-7-13-5-6-14-8-10/h1-4,10,13H,5-8H2. The number of nitrogens with one attached hydrogen (secondary N) is 1. The second-order valence-electron chi connectivity index (χ2n) is 3.53. The van der Waals surface area contributed by atoms with Crippen molar-refractivity contribution in [3.8, 4) is 0 Å². The molecular weight excluding hydrogens is 242 g/mol. The molecule has 0 aliphatic carbocycles. The zero-order chi connectivity index (χ0) is 9.80. The lowest BCUT2D eigenvalue weighted by atomic mass is 10.0. The van der Waals surface area contributed by atoms with Crippen LogP contribution in [0.2, 0.25) is 0 Å². The van der Waals surface area contributed by atoms with Crippen LogP contribution in [0.15, 0.2) is 28.7 Å². The molecule has 1 unspecified atom stereocenters. The van der Waals surface area contributed by atoms with E-state index in [0.717, 1.165) is 30.8 Å². The maximum absolute atomic E-state index is 5.52. The van der Waals surface area contributed by atoms with Crippen LogP contribution in [-0.2, 0) is 4.74 Å². The minimum atomic E-state index is 0.491. The molecule has 3 heteroatoms. The fourth-order valence-corrected chi connectivity index (χ4v) is 1.92. The summed E-state index contributed by atoms with van der Waals surface area (Å²) >= 11 is 3.44. The predicted molar refractivity (Wildman–Crippen MR) is 60.6 cm³/mol. The van der Waals surface area contributed by atoms with E-state index in [1.165, 1.54) is 5.56 Å². The van der Waals surface area contributed by atoms with Gasteiger partial charge in [0.2, 0.25) is 0 Å². The lowest BCUT2D eigenvalue weighted by molar-refractivity contribution is 0.141. The molecule has 1 aromatic rings. The quantitative estimate of drug-likeness (QED) is 0.831. The number of hydrogen-bond donors (Lipinski definition) is 1. The first-order valence-electron chi connectivity index (χ1n) is 4.90. The van der Waals surface area contributed by atoms with Crippen LogP contribution in [0, 0.1) is 0 Å². The average Bonchev–Trinajstić information content (AvgIpc) is 2.47. The Balaban J connectivity index is 2.08. The third kappa shape index (κ3) is 2.56. The normalized spacial score (nSPS) is 23.1. The molecule has 14 heavy (non-hydrogen) atoms. The maximum atomic E-state index is 5.52. The third-order valence-corrected chi connectivity index (χ3v) is 3.00. The Morgan fingerprint density at radius 3 is 2.86 bits per heavy atom. The first-order valence-corrected chi connectivity index (χ1v) is 5.69. The molecule has 2 nitrogen and oxygen atoms in total. The van der Waals surface area contributed by atoms with Crippen LogP contribution in [0.1, 0.15) is 11.5 Å². The molecule has 0 amide bonds. The van der Waals surface area contributed by atoms with E-state index in [1.54, 1.807) is 0 Å². The fraction of sp³-hybridized carbons (Fsp3) is 0.455. The van der Waals surface area contributed by atoms with Crippen molar-refractivity contribution < 1.29 is 4.74 Å². The van der Waals surface area contributed by atoms with Crippen molar-refractivity contribution in [2.75, 3.05) is 26.3 Å². The summed E-state index contributed by atoms with van der Waals surface area (Å²) < 4.78 is 6.65. The van der Waals surface area contributed by atoms with E-state index >= 15 is 0 Å². The lowest BCUT2D eigenvalue weighted by Crippen LogP contribution is -2.21. The van der Waals surface area contributed by atoms with E-state index in [2.05, 4.69) is 45.5 Å². The largest absolute Gasteiger partial charge is 0.379 e. The summed E-state index contributed by atoms with van der Waals surface area (Å²) in [6.45, 7) is 3.64. The number of halogens is 1. The molecule has 2 rings (SSSR count). The third-order valence-electron chi connectivity index (χ3n) is 2.47. The number of ether oxygens (including phenoxy) is 1. The maximum Gasteiger partial charge on any atom is 0.0591 e. The molecule has 1 aliphatic heterocycles. The molecule has 1 aromatic carbocycles. The van der Waals surface area contributed by atoms with Crippen LogP contribution in [0.5, 0.6) is 0 Å². The molecule has 0 spiro atoms. The summed E-state index contributed by atoms with van der Waals surface area (Å²) in [4.78, 5) is 0. The Kier molecular flexibility index (Phi) is 3.56. The van der Waals surface area contributed by atoms with Gasteiger partial charge >= 0.3 is 0 Å². The van der Waals surface area contributed by atoms with Crippen molar-refractivity contribution in [3.63, 3.8) is 0 Å². The van der Waals surface area contributed by atoms with E-state index in [-0.39, 0.29) is 0 Å². The fourth-order valence-electron chi connectivity index (χ4n) is 1.65. The Morgan fingerprint density at radius 2 is 2.07 bits per heavy atom. The van der Waals surface area contributed by atoms with Gasteiger partial charge in [0.1, 0.15) is 0 Å². The Bertz CT molecular complexity index is 278. The van der Waals surface area contributed by atoms with Crippen LogP contribution in [-0.4, -0.2) is 26.3 Å². The van der Waals surface area contributed by atoms with E-state index in [0.29, 0.717) is 5.92 Å². The van der Waals surface area contributed by atoms with Gasteiger partial charge in [0.15, 0.2) is 0 Å². The van der Waals surface area contributed by atoms with Gasteiger partial charge in [0, 0.05) is 23.5 Å². The molecule has 1 atom stereocenters. The van der Waals surface area contributed by atoms with Crippen LogP contribution < -0.4 is 5.32 Å². The molecule has 1 N–H and O–H groups in total. The van der Waals surface area contributed by atoms with Crippen molar-refractivity contribution in [2.24, 2.45) is 0 Å². The van der Waals surface area contributed by atoms with E-state index in [4.69, 9.17) is 4.74 Å². The SMILES string of the molecule is Brc1ccc(C2CNCCOC2)cc1. The van der Waals surface area contributed by atoms with Crippen molar-refractivity contribution in [1.29, 1.82) is 0 Å². The Morgan fingerprint density at radius 1 is 1.29 bits per heavy atom. The highest BCUT2D eigenvalue weighted by Crippen LogP contribution is 2.19. The van der Waals surface area contributed by atoms with E-state index in [1.807, 2.05) is 0 Å². The Labute approximate surface area is 92.8 Å². The molecule has 0 aromatic heterocycles. The van der Waals surface area contributed by atoms with E-state index in [9.17, 15) is 0 Å². The highest BCUT2D eigenvalue weighted by atomic mass is 79.9. The second-order valence-corrected chi connectivity index (χ2v) is 4.44. The first kappa shape index (κ1) is 10.1. The van der Waals surface area contributed by atoms with Gasteiger partial charge in [0.25, 0.3) is 0 Å². The van der Waals surface area contributed by atoms with Crippen molar-refractivity contribution in [2.45, 2.75) is 5.92 Å². The molecule has 0 saturated carbocycles. The number of rotatable bonds is 1. The summed E-state index contributed by atoms with van der Waals surface area (Å²) in [6, 6.07) is 8.48. The topological polar surface area (TPSA) is 21.3 Å². The van der Waals surface area contributed by atoms with Gasteiger partial charge in [-0.3, -0.25) is 0 Å². The predicted octanol–water partition coefficient (Wildman–Crippen LogP) is 2.15. The van der Waals surface area contributed by atoms with Gasteiger partial charge in [-0.2, -0.15) is 0 Å². The number of hydrogen-bond acceptors (Lipinski definition) is 2. The zero-order valence-corrected chi connectivity index (χ0v) is 9.59. The average molecular weight is 256 g/mol. The summed E-state index contributed by atoms with van der Waals surface area (Å²) in [6.07, 6.45) is 0. The molecule has 1 heterocycles. The van der Waals surface area contributed by atoms with Crippen LogP contribution >= 0.6 is 15.9 Å². The van der Waals surface area contributed by atoms with Crippen molar-refractivity contribution >= 4 is 15.9 Å². The summed E-state index contributed by atoms with van der Waals surface area (Å²) in [5.41, 5.74) is 1.35. The molecule has 76 valence electrons. The molecule has 1 aliphatic rings. The minimum absolute atomic E-state index is 0.491. The van der Waals surface area contributed by atoms with Gasteiger partial charge in [-0.25, -0.2) is 0 Å². The second kappa shape index (κ2) is 4.91. The molecule has 1 fully saturated rings. The smallest absolute Gasteiger partial charge is 0.0591 e. The van der Waals surface area contributed by atoms with Gasteiger partial charge in [-0.15, -0.1) is 0 Å². The van der Waals surface area contributed by atoms with Crippen molar-refractivity contribution in [3.05, 3.63) is 34.3 Å². The van der Waals surface area contributed by atoms with Crippen molar-refractivity contribution in [1.82, 2.24) is 5.32 Å². The summed E-state index contributed by atoms with van der Waals surface area (Å²) in [5, 5.41) is 3.37. The monoisotopic (exact) mass is 255 g/mol. The first-order chi connectivity index (χ1) is 6.86. The van der Waals surface area contributed by atoms with Crippen LogP contribution in [0.4, 0.5) is 0 Å². The summed E-state index contributed by atoms with van der Waals surface area (Å²) in [5.74, 6) is 0.491. The van der Waals surface area contributed by atoms with Gasteiger partial charge in [-0.1, -0.05) is 28.1 Å². The molecule has 0 bridgehead atoms. The van der Waals surface area contributed by atoms with Gasteiger partial charge < -0.3 is 10.1 Å². The lowest BCUT2D eigenvalue weighted by Gasteiger charge is -2.13. The van der Waals surface area contributed by atoms with Gasteiger partial charge in [-0.05, 0) is 17.7 Å². The molecule has 1 saturated heterocycles.